The average Bonchev–Trinajstić information content (AvgIpc) is 3.03. The zero-order chi connectivity index (χ0) is 16.4. The van der Waals surface area contributed by atoms with E-state index >= 15 is 0 Å². The van der Waals surface area contributed by atoms with Crippen molar-refractivity contribution in [1.82, 2.24) is 19.4 Å². The second-order valence-corrected chi connectivity index (χ2v) is 5.25. The third-order valence-corrected chi connectivity index (χ3v) is 3.51. The molecular weight excluding hydrogens is 307 g/mol. The molecule has 24 heavy (non-hydrogen) atoms. The van der Waals surface area contributed by atoms with Gasteiger partial charge in [-0.05, 0) is 24.3 Å². The summed E-state index contributed by atoms with van der Waals surface area (Å²) in [6.45, 7) is 0.359. The number of fused-ring (bicyclic) bond motifs is 1. The van der Waals surface area contributed by atoms with Crippen LogP contribution in [-0.2, 0) is 6.61 Å². The van der Waals surface area contributed by atoms with Crippen LogP contribution in [0.2, 0.25) is 0 Å². The van der Waals surface area contributed by atoms with Crippen molar-refractivity contribution >= 4 is 5.78 Å². The maximum Gasteiger partial charge on any atom is 0.234 e. The zero-order valence-corrected chi connectivity index (χ0v) is 12.6. The molecule has 3 aromatic heterocycles. The van der Waals surface area contributed by atoms with Gasteiger partial charge in [-0.3, -0.25) is 9.38 Å². The highest BCUT2D eigenvalue weighted by atomic mass is 19.1. The van der Waals surface area contributed by atoms with Gasteiger partial charge in [-0.2, -0.15) is 0 Å². The summed E-state index contributed by atoms with van der Waals surface area (Å²) in [5, 5.41) is 0. The summed E-state index contributed by atoms with van der Waals surface area (Å²) >= 11 is 0. The van der Waals surface area contributed by atoms with Crippen LogP contribution in [0.1, 0.15) is 5.69 Å². The third-order valence-electron chi connectivity index (χ3n) is 3.51. The van der Waals surface area contributed by atoms with E-state index in [1.165, 1.54) is 12.3 Å². The summed E-state index contributed by atoms with van der Waals surface area (Å²) in [5.74, 6) is 1.00. The molecule has 4 rings (SSSR count). The number of imidazole rings is 1. The van der Waals surface area contributed by atoms with Crippen molar-refractivity contribution in [2.24, 2.45) is 0 Å². The van der Waals surface area contributed by atoms with Gasteiger partial charge in [0.2, 0.25) is 5.78 Å². The second-order valence-electron chi connectivity index (χ2n) is 5.25. The van der Waals surface area contributed by atoms with E-state index in [4.69, 9.17) is 4.74 Å². The van der Waals surface area contributed by atoms with Crippen LogP contribution >= 0.6 is 0 Å². The van der Waals surface area contributed by atoms with E-state index in [9.17, 15) is 4.39 Å². The van der Waals surface area contributed by atoms with Gasteiger partial charge in [-0.15, -0.1) is 0 Å². The molecule has 3 heterocycles. The highest BCUT2D eigenvalue weighted by Gasteiger charge is 2.07. The molecule has 6 heteroatoms. The first-order valence-electron chi connectivity index (χ1n) is 7.41. The van der Waals surface area contributed by atoms with Crippen LogP contribution in [0.5, 0.6) is 5.75 Å². The first-order chi connectivity index (χ1) is 11.8. The Kier molecular flexibility index (Phi) is 3.63. The molecule has 5 nitrogen and oxygen atoms in total. The number of benzene rings is 1. The fourth-order valence-electron chi connectivity index (χ4n) is 2.36. The molecule has 0 aliphatic rings. The molecule has 0 saturated carbocycles. The van der Waals surface area contributed by atoms with Crippen LogP contribution in [-0.4, -0.2) is 19.4 Å². The molecule has 0 spiro atoms. The van der Waals surface area contributed by atoms with E-state index in [1.54, 1.807) is 12.3 Å². The van der Waals surface area contributed by atoms with Gasteiger partial charge in [0.1, 0.15) is 18.2 Å². The summed E-state index contributed by atoms with van der Waals surface area (Å²) in [6.07, 6.45) is 6.58. The topological polar surface area (TPSA) is 52.3 Å². The number of pyridine rings is 1. The van der Waals surface area contributed by atoms with Gasteiger partial charge in [-0.1, -0.05) is 18.2 Å². The highest BCUT2D eigenvalue weighted by molar-refractivity contribution is 5.57. The van der Waals surface area contributed by atoms with E-state index in [1.807, 2.05) is 47.1 Å². The lowest BCUT2D eigenvalue weighted by Crippen LogP contribution is -1.94. The lowest BCUT2D eigenvalue weighted by Gasteiger charge is -2.02. The van der Waals surface area contributed by atoms with Crippen LogP contribution in [0, 0.1) is 5.82 Å². The lowest BCUT2D eigenvalue weighted by atomic mass is 10.2. The van der Waals surface area contributed by atoms with Crippen LogP contribution in [0.4, 0.5) is 4.39 Å². The normalized spacial score (nSPS) is 10.9. The average molecular weight is 320 g/mol. The molecule has 0 unspecified atom stereocenters. The Bertz CT molecular complexity index is 967. The molecule has 118 valence electrons. The van der Waals surface area contributed by atoms with Gasteiger partial charge < -0.3 is 4.74 Å². The first-order valence-corrected chi connectivity index (χ1v) is 7.41. The summed E-state index contributed by atoms with van der Waals surface area (Å²) in [4.78, 5) is 12.8. The smallest absolute Gasteiger partial charge is 0.234 e. The number of hydrogen-bond acceptors (Lipinski definition) is 4. The Morgan fingerprint density at radius 1 is 0.958 bits per heavy atom. The fraction of sp³-hybridized carbons (Fsp3) is 0.0556. The predicted octanol–water partition coefficient (Wildman–Crippen LogP) is 3.51. The van der Waals surface area contributed by atoms with Crippen molar-refractivity contribution in [2.45, 2.75) is 6.61 Å². The molecule has 0 amide bonds. The quantitative estimate of drug-likeness (QED) is 0.577. The van der Waals surface area contributed by atoms with Crippen molar-refractivity contribution in [3.8, 4) is 17.0 Å². The number of para-hydroxylation sites is 1. The molecular formula is C18H13FN4O. The molecule has 0 aliphatic heterocycles. The molecule has 0 atom stereocenters. The molecule has 0 saturated heterocycles. The van der Waals surface area contributed by atoms with Crippen molar-refractivity contribution < 1.29 is 9.13 Å². The molecule has 0 radical (unpaired) electrons. The number of nitrogens with zero attached hydrogens (tertiary/aromatic N) is 4. The van der Waals surface area contributed by atoms with Crippen molar-refractivity contribution in [3.63, 3.8) is 0 Å². The number of halogens is 1. The van der Waals surface area contributed by atoms with E-state index in [0.29, 0.717) is 18.1 Å². The second kappa shape index (κ2) is 6.08. The van der Waals surface area contributed by atoms with E-state index in [2.05, 4.69) is 15.0 Å². The standard InChI is InChI=1S/C18H13FN4O/c19-14-6-7-17(20-9-14)13-8-21-18-22-15(11-23(18)10-13)12-24-16-4-2-1-3-5-16/h1-11H,12H2. The first kappa shape index (κ1) is 14.3. The van der Waals surface area contributed by atoms with E-state index in [-0.39, 0.29) is 5.82 Å². The largest absolute Gasteiger partial charge is 0.487 e. The Labute approximate surface area is 137 Å². The molecule has 4 aromatic rings. The Morgan fingerprint density at radius 3 is 2.62 bits per heavy atom. The summed E-state index contributed by atoms with van der Waals surface area (Å²) in [6, 6.07) is 12.6. The molecule has 0 N–H and O–H groups in total. The maximum absolute atomic E-state index is 13.0. The Balaban J connectivity index is 1.58. The van der Waals surface area contributed by atoms with Crippen LogP contribution in [0.3, 0.4) is 0 Å². The highest BCUT2D eigenvalue weighted by Crippen LogP contribution is 2.17. The number of aromatic nitrogens is 4. The number of rotatable bonds is 4. The molecule has 0 bridgehead atoms. The maximum atomic E-state index is 13.0. The van der Waals surface area contributed by atoms with Gasteiger partial charge in [0.25, 0.3) is 0 Å². The van der Waals surface area contributed by atoms with Gasteiger partial charge in [0.05, 0.1) is 17.6 Å². The van der Waals surface area contributed by atoms with E-state index < -0.39 is 0 Å². The van der Waals surface area contributed by atoms with Gasteiger partial charge in [-0.25, -0.2) is 14.4 Å². The van der Waals surface area contributed by atoms with Crippen molar-refractivity contribution in [3.05, 3.63) is 78.8 Å². The van der Waals surface area contributed by atoms with Crippen molar-refractivity contribution in [1.29, 1.82) is 0 Å². The van der Waals surface area contributed by atoms with Gasteiger partial charge in [0.15, 0.2) is 0 Å². The number of ether oxygens (including phenoxy) is 1. The Hall–Kier alpha value is -3.28. The van der Waals surface area contributed by atoms with Crippen LogP contribution in [0.25, 0.3) is 17.0 Å². The van der Waals surface area contributed by atoms with Crippen molar-refractivity contribution in [2.75, 3.05) is 0 Å². The third kappa shape index (κ3) is 2.94. The fourth-order valence-corrected chi connectivity index (χ4v) is 2.36. The summed E-state index contributed by atoms with van der Waals surface area (Å²) < 4.78 is 20.5. The minimum absolute atomic E-state index is 0.359. The monoisotopic (exact) mass is 320 g/mol. The summed E-state index contributed by atoms with van der Waals surface area (Å²) in [5.41, 5.74) is 2.22. The molecule has 1 aromatic carbocycles. The van der Waals surface area contributed by atoms with Crippen LogP contribution < -0.4 is 4.74 Å². The van der Waals surface area contributed by atoms with E-state index in [0.717, 1.165) is 17.0 Å². The lowest BCUT2D eigenvalue weighted by molar-refractivity contribution is 0.302. The van der Waals surface area contributed by atoms with Gasteiger partial charge >= 0.3 is 0 Å². The minimum Gasteiger partial charge on any atom is -0.487 e. The summed E-state index contributed by atoms with van der Waals surface area (Å²) in [7, 11) is 0. The molecule has 0 fully saturated rings. The zero-order valence-electron chi connectivity index (χ0n) is 12.6. The van der Waals surface area contributed by atoms with Gasteiger partial charge in [0, 0.05) is 24.2 Å². The SMILES string of the molecule is Fc1ccc(-c2cnc3nc(COc4ccccc4)cn3c2)nc1. The predicted molar refractivity (Wildman–Crippen MR) is 87.0 cm³/mol. The molecule has 0 aliphatic carbocycles. The van der Waals surface area contributed by atoms with Crippen LogP contribution in [0.15, 0.2) is 67.3 Å². The Morgan fingerprint density at radius 2 is 1.83 bits per heavy atom. The minimum atomic E-state index is -0.365. The number of hydrogen-bond donors (Lipinski definition) is 0.